The van der Waals surface area contributed by atoms with Crippen LogP contribution in [-0.4, -0.2) is 35.1 Å². The number of benzene rings is 1. The maximum absolute atomic E-state index is 11.2. The van der Waals surface area contributed by atoms with E-state index in [2.05, 4.69) is 4.90 Å². The van der Waals surface area contributed by atoms with Gasteiger partial charge in [-0.15, -0.1) is 0 Å². The Morgan fingerprint density at radius 2 is 1.73 bits per heavy atom. The van der Waals surface area contributed by atoms with Crippen LogP contribution in [0.15, 0.2) is 24.3 Å². The highest BCUT2D eigenvalue weighted by molar-refractivity contribution is 7.85. The molecule has 3 nitrogen and oxygen atoms in total. The molecule has 1 aliphatic rings. The van der Waals surface area contributed by atoms with Gasteiger partial charge < -0.3 is 4.90 Å². The summed E-state index contributed by atoms with van der Waals surface area (Å²) in [6.07, 6.45) is 0.842. The van der Waals surface area contributed by atoms with Gasteiger partial charge in [-0.3, -0.25) is 9.00 Å². The molecule has 15 heavy (non-hydrogen) atoms. The summed E-state index contributed by atoms with van der Waals surface area (Å²) in [6.45, 7) is 1.68. The Morgan fingerprint density at radius 3 is 2.27 bits per heavy atom. The fraction of sp³-hybridized carbons (Fsp3) is 0.364. The SMILES string of the molecule is O=Cc1ccc(N2CCS(=O)CC2)cc1. The number of anilines is 1. The molecular formula is C11H13NO2S. The van der Waals surface area contributed by atoms with Gasteiger partial charge >= 0.3 is 0 Å². The molecular weight excluding hydrogens is 210 g/mol. The molecule has 0 atom stereocenters. The van der Waals surface area contributed by atoms with Gasteiger partial charge in [0.15, 0.2) is 0 Å². The van der Waals surface area contributed by atoms with Crippen molar-refractivity contribution in [2.75, 3.05) is 29.5 Å². The highest BCUT2D eigenvalue weighted by Gasteiger charge is 2.14. The molecule has 0 radical (unpaired) electrons. The van der Waals surface area contributed by atoms with Crippen LogP contribution in [0.3, 0.4) is 0 Å². The van der Waals surface area contributed by atoms with Crippen molar-refractivity contribution >= 4 is 22.8 Å². The van der Waals surface area contributed by atoms with Crippen LogP contribution in [-0.2, 0) is 10.8 Å². The van der Waals surface area contributed by atoms with Gasteiger partial charge in [0.25, 0.3) is 0 Å². The number of nitrogens with zero attached hydrogens (tertiary/aromatic N) is 1. The zero-order valence-electron chi connectivity index (χ0n) is 8.39. The number of carbonyl (C=O) groups excluding carboxylic acids is 1. The summed E-state index contributed by atoms with van der Waals surface area (Å²) in [7, 11) is -0.639. The molecule has 1 fully saturated rings. The number of rotatable bonds is 2. The Morgan fingerprint density at radius 1 is 1.13 bits per heavy atom. The van der Waals surface area contributed by atoms with Crippen molar-refractivity contribution in [1.29, 1.82) is 0 Å². The average molecular weight is 223 g/mol. The van der Waals surface area contributed by atoms with Crippen molar-refractivity contribution in [2.45, 2.75) is 0 Å². The minimum atomic E-state index is -0.639. The van der Waals surface area contributed by atoms with Gasteiger partial charge in [-0.2, -0.15) is 0 Å². The van der Waals surface area contributed by atoms with E-state index < -0.39 is 10.8 Å². The third-order valence-electron chi connectivity index (χ3n) is 2.57. The van der Waals surface area contributed by atoms with E-state index in [-0.39, 0.29) is 0 Å². The van der Waals surface area contributed by atoms with E-state index in [1.807, 2.05) is 24.3 Å². The second-order valence-electron chi connectivity index (χ2n) is 3.54. The molecule has 4 heteroatoms. The minimum Gasteiger partial charge on any atom is -0.370 e. The summed E-state index contributed by atoms with van der Waals surface area (Å²) in [5.41, 5.74) is 1.80. The smallest absolute Gasteiger partial charge is 0.150 e. The van der Waals surface area contributed by atoms with Crippen LogP contribution in [0.2, 0.25) is 0 Å². The van der Waals surface area contributed by atoms with Crippen LogP contribution in [0.5, 0.6) is 0 Å². The van der Waals surface area contributed by atoms with Gasteiger partial charge in [0.05, 0.1) is 0 Å². The van der Waals surface area contributed by atoms with Crippen molar-refractivity contribution in [3.8, 4) is 0 Å². The fourth-order valence-corrected chi connectivity index (χ4v) is 2.71. The van der Waals surface area contributed by atoms with Crippen molar-refractivity contribution in [3.05, 3.63) is 29.8 Å². The van der Waals surface area contributed by atoms with Gasteiger partial charge in [-0.25, -0.2) is 0 Å². The van der Waals surface area contributed by atoms with Crippen LogP contribution >= 0.6 is 0 Å². The van der Waals surface area contributed by atoms with Gasteiger partial charge in [0, 0.05) is 46.6 Å². The Bertz CT molecular complexity index is 365. The summed E-state index contributed by atoms with van der Waals surface area (Å²) in [6, 6.07) is 7.51. The van der Waals surface area contributed by atoms with E-state index in [9.17, 15) is 9.00 Å². The second-order valence-corrected chi connectivity index (χ2v) is 5.24. The van der Waals surface area contributed by atoms with Crippen LogP contribution in [0.4, 0.5) is 5.69 Å². The first-order chi connectivity index (χ1) is 7.29. The lowest BCUT2D eigenvalue weighted by Gasteiger charge is -2.28. The fourth-order valence-electron chi connectivity index (χ4n) is 1.66. The van der Waals surface area contributed by atoms with Crippen LogP contribution in [0.1, 0.15) is 10.4 Å². The van der Waals surface area contributed by atoms with E-state index in [1.54, 1.807) is 0 Å². The Hall–Kier alpha value is -1.16. The molecule has 0 spiro atoms. The Balaban J connectivity index is 2.09. The summed E-state index contributed by atoms with van der Waals surface area (Å²) < 4.78 is 11.2. The maximum atomic E-state index is 11.2. The highest BCUT2D eigenvalue weighted by Crippen LogP contribution is 2.16. The average Bonchev–Trinajstić information content (AvgIpc) is 2.30. The van der Waals surface area contributed by atoms with E-state index in [0.29, 0.717) is 5.56 Å². The lowest BCUT2D eigenvalue weighted by molar-refractivity contribution is 0.112. The molecule has 0 bridgehead atoms. The Kier molecular flexibility index (Phi) is 3.16. The standard InChI is InChI=1S/C11H13NO2S/c13-9-10-1-3-11(4-2-10)12-5-7-15(14)8-6-12/h1-4,9H,5-8H2. The molecule has 0 aliphatic carbocycles. The first-order valence-electron chi connectivity index (χ1n) is 4.95. The number of aldehydes is 1. The topological polar surface area (TPSA) is 37.4 Å². The summed E-state index contributed by atoms with van der Waals surface area (Å²) >= 11 is 0. The third kappa shape index (κ3) is 2.45. The lowest BCUT2D eigenvalue weighted by atomic mass is 10.2. The molecule has 0 unspecified atom stereocenters. The third-order valence-corrected chi connectivity index (χ3v) is 3.85. The van der Waals surface area contributed by atoms with Crippen LogP contribution < -0.4 is 4.90 Å². The van der Waals surface area contributed by atoms with Gasteiger partial charge in [-0.1, -0.05) is 0 Å². The quantitative estimate of drug-likeness (QED) is 0.704. The first-order valence-corrected chi connectivity index (χ1v) is 6.43. The number of carbonyl (C=O) groups is 1. The van der Waals surface area contributed by atoms with E-state index in [1.165, 1.54) is 0 Å². The monoisotopic (exact) mass is 223 g/mol. The Labute approximate surface area is 91.5 Å². The largest absolute Gasteiger partial charge is 0.370 e. The molecule has 1 aromatic carbocycles. The number of hydrogen-bond donors (Lipinski definition) is 0. The van der Waals surface area contributed by atoms with Crippen molar-refractivity contribution in [1.82, 2.24) is 0 Å². The normalized spacial score (nSPS) is 17.7. The van der Waals surface area contributed by atoms with Crippen LogP contribution in [0.25, 0.3) is 0 Å². The highest BCUT2D eigenvalue weighted by atomic mass is 32.2. The molecule has 0 amide bonds. The van der Waals surface area contributed by atoms with Crippen molar-refractivity contribution in [2.24, 2.45) is 0 Å². The van der Waals surface area contributed by atoms with Crippen molar-refractivity contribution in [3.63, 3.8) is 0 Å². The van der Waals surface area contributed by atoms with E-state index in [4.69, 9.17) is 0 Å². The minimum absolute atomic E-state index is 0.639. The van der Waals surface area contributed by atoms with Crippen LogP contribution in [0, 0.1) is 0 Å². The summed E-state index contributed by atoms with van der Waals surface area (Å²) in [5.74, 6) is 1.49. The molecule has 1 aliphatic heterocycles. The summed E-state index contributed by atoms with van der Waals surface area (Å²) in [4.78, 5) is 12.7. The van der Waals surface area contributed by atoms with E-state index in [0.717, 1.165) is 36.6 Å². The predicted octanol–water partition coefficient (Wildman–Crippen LogP) is 1.07. The lowest BCUT2D eigenvalue weighted by Crippen LogP contribution is -2.37. The van der Waals surface area contributed by atoms with E-state index >= 15 is 0 Å². The first kappa shape index (κ1) is 10.4. The summed E-state index contributed by atoms with van der Waals surface area (Å²) in [5, 5.41) is 0. The van der Waals surface area contributed by atoms with Crippen molar-refractivity contribution < 1.29 is 9.00 Å². The second kappa shape index (κ2) is 4.57. The zero-order chi connectivity index (χ0) is 10.7. The molecule has 1 aromatic rings. The molecule has 1 saturated heterocycles. The zero-order valence-corrected chi connectivity index (χ0v) is 9.20. The molecule has 80 valence electrons. The molecule has 0 N–H and O–H groups in total. The molecule has 2 rings (SSSR count). The number of hydrogen-bond acceptors (Lipinski definition) is 3. The molecule has 0 aromatic heterocycles. The van der Waals surface area contributed by atoms with Gasteiger partial charge in [0.1, 0.15) is 6.29 Å². The molecule has 1 heterocycles. The predicted molar refractivity (Wildman–Crippen MR) is 61.9 cm³/mol. The van der Waals surface area contributed by atoms with Gasteiger partial charge in [0.2, 0.25) is 0 Å². The maximum Gasteiger partial charge on any atom is 0.150 e. The van der Waals surface area contributed by atoms with Gasteiger partial charge in [-0.05, 0) is 24.3 Å². The molecule has 0 saturated carbocycles.